The number of aromatic nitrogens is 2. The molecule has 0 saturated carbocycles. The number of para-hydroxylation sites is 1. The first-order chi connectivity index (χ1) is 12.6. The third kappa shape index (κ3) is 3.57. The fourth-order valence-corrected chi connectivity index (χ4v) is 3.18. The van der Waals surface area contributed by atoms with E-state index in [9.17, 15) is 19.2 Å². The first-order valence-corrected chi connectivity index (χ1v) is 8.62. The molecule has 9 heteroatoms. The molecule has 1 fully saturated rings. The highest BCUT2D eigenvalue weighted by molar-refractivity contribution is 6.01. The number of carbonyl (C=O) groups excluding carboxylic acids is 3. The fourth-order valence-electron chi connectivity index (χ4n) is 3.18. The molecule has 27 heavy (non-hydrogen) atoms. The van der Waals surface area contributed by atoms with Gasteiger partial charge in [-0.2, -0.15) is 0 Å². The molecule has 0 aliphatic carbocycles. The van der Waals surface area contributed by atoms with Crippen LogP contribution in [0.5, 0.6) is 0 Å². The van der Waals surface area contributed by atoms with Gasteiger partial charge >= 0.3 is 11.8 Å². The van der Waals surface area contributed by atoms with Crippen LogP contribution >= 0.6 is 0 Å². The Morgan fingerprint density at radius 3 is 2.59 bits per heavy atom. The topological polar surface area (TPSA) is 111 Å². The molecule has 9 nitrogen and oxygen atoms in total. The van der Waals surface area contributed by atoms with E-state index >= 15 is 0 Å². The second-order valence-electron chi connectivity index (χ2n) is 7.48. The Labute approximate surface area is 155 Å². The molecule has 0 radical (unpaired) electrons. The molecule has 1 aromatic heterocycles. The number of ether oxygens (including phenoxy) is 1. The van der Waals surface area contributed by atoms with Gasteiger partial charge in [0, 0.05) is 13.5 Å². The van der Waals surface area contributed by atoms with Gasteiger partial charge in [0.2, 0.25) is 11.8 Å². The van der Waals surface area contributed by atoms with Gasteiger partial charge in [0.05, 0.1) is 16.7 Å². The minimum Gasteiger partial charge on any atom is -0.444 e. The van der Waals surface area contributed by atoms with Gasteiger partial charge in [-0.15, -0.1) is 0 Å². The van der Waals surface area contributed by atoms with Crippen LogP contribution in [0, 0.1) is 0 Å². The van der Waals surface area contributed by atoms with Crippen molar-refractivity contribution in [2.24, 2.45) is 7.05 Å². The predicted octanol–water partition coefficient (Wildman–Crippen LogP) is 1.66. The first-order valence-electron chi connectivity index (χ1n) is 8.62. The Balaban J connectivity index is 2.05. The Bertz CT molecular complexity index is 996. The minimum absolute atomic E-state index is 0.162. The van der Waals surface area contributed by atoms with Crippen molar-refractivity contribution in [2.75, 3.05) is 5.32 Å². The molecular formula is C18H22N4O5. The summed E-state index contributed by atoms with van der Waals surface area (Å²) in [6.07, 6.45) is -0.237. The third-order valence-electron chi connectivity index (χ3n) is 4.26. The highest BCUT2D eigenvalue weighted by Gasteiger charge is 2.31. The molecule has 3 rings (SSSR count). The number of nitrogens with zero attached hydrogens (tertiary/aromatic N) is 2. The minimum atomic E-state index is -0.782. The van der Waals surface area contributed by atoms with E-state index in [2.05, 4.69) is 10.6 Å². The molecular weight excluding hydrogens is 352 g/mol. The van der Waals surface area contributed by atoms with Gasteiger partial charge in [0.1, 0.15) is 11.6 Å². The summed E-state index contributed by atoms with van der Waals surface area (Å²) in [7, 11) is 1.56. The molecule has 1 unspecified atom stereocenters. The Morgan fingerprint density at radius 2 is 1.96 bits per heavy atom. The normalized spacial score (nSPS) is 17.7. The van der Waals surface area contributed by atoms with E-state index < -0.39 is 29.3 Å². The molecule has 1 saturated heterocycles. The summed E-state index contributed by atoms with van der Waals surface area (Å²) >= 11 is 0. The fraction of sp³-hybridized carbons (Fsp3) is 0.444. The van der Waals surface area contributed by atoms with Crippen molar-refractivity contribution in [2.45, 2.75) is 45.3 Å². The summed E-state index contributed by atoms with van der Waals surface area (Å²) in [6.45, 7) is 5.26. The average Bonchev–Trinajstić information content (AvgIpc) is 2.79. The zero-order valence-corrected chi connectivity index (χ0v) is 15.7. The molecule has 0 bridgehead atoms. The van der Waals surface area contributed by atoms with Crippen molar-refractivity contribution in [3.63, 3.8) is 0 Å². The molecule has 2 N–H and O–H groups in total. The summed E-state index contributed by atoms with van der Waals surface area (Å²) in [5, 5.41) is 4.92. The van der Waals surface area contributed by atoms with Crippen LogP contribution in [0.2, 0.25) is 0 Å². The maximum atomic E-state index is 12.8. The van der Waals surface area contributed by atoms with Crippen molar-refractivity contribution in [3.8, 4) is 0 Å². The number of nitrogens with one attached hydrogen (secondary N) is 2. The van der Waals surface area contributed by atoms with Gasteiger partial charge in [-0.05, 0) is 39.3 Å². The lowest BCUT2D eigenvalue weighted by molar-refractivity contribution is -0.135. The quantitative estimate of drug-likeness (QED) is 0.777. The first kappa shape index (κ1) is 18.7. The van der Waals surface area contributed by atoms with Crippen molar-refractivity contribution in [1.82, 2.24) is 14.5 Å². The summed E-state index contributed by atoms with van der Waals surface area (Å²) in [4.78, 5) is 48.6. The standard InChI is InChI=1S/C18H22N4O5/c1-18(2,3)27-16(25)19-10-6-5-7-11-14(10)21(4)17(26)22(11)12-8-9-13(23)20-15(12)24/h5-7,12H,8-9H2,1-4H3,(H,19,25)(H,20,23,24). The highest BCUT2D eigenvalue weighted by Crippen LogP contribution is 2.27. The number of aryl methyl sites for hydroxylation is 1. The number of rotatable bonds is 2. The summed E-state index contributed by atoms with van der Waals surface area (Å²) < 4.78 is 7.99. The van der Waals surface area contributed by atoms with Crippen molar-refractivity contribution in [1.29, 1.82) is 0 Å². The average molecular weight is 374 g/mol. The lowest BCUT2D eigenvalue weighted by Gasteiger charge is -2.22. The number of anilines is 1. The number of imide groups is 1. The van der Waals surface area contributed by atoms with Gasteiger partial charge in [-0.3, -0.25) is 29.4 Å². The Morgan fingerprint density at radius 1 is 1.26 bits per heavy atom. The van der Waals surface area contributed by atoms with Crippen LogP contribution in [0.15, 0.2) is 23.0 Å². The maximum Gasteiger partial charge on any atom is 0.412 e. The molecule has 144 valence electrons. The van der Waals surface area contributed by atoms with E-state index in [-0.39, 0.29) is 18.7 Å². The number of hydrogen-bond donors (Lipinski definition) is 2. The second kappa shape index (κ2) is 6.57. The number of benzene rings is 1. The van der Waals surface area contributed by atoms with Crippen LogP contribution in [-0.4, -0.2) is 32.6 Å². The molecule has 0 spiro atoms. The molecule has 1 atom stereocenters. The monoisotopic (exact) mass is 374 g/mol. The zero-order valence-electron chi connectivity index (χ0n) is 15.7. The van der Waals surface area contributed by atoms with E-state index in [4.69, 9.17) is 4.74 Å². The summed E-state index contributed by atoms with van der Waals surface area (Å²) in [5.74, 6) is -0.858. The third-order valence-corrected chi connectivity index (χ3v) is 4.26. The number of piperidine rings is 1. The van der Waals surface area contributed by atoms with Gasteiger partial charge in [-0.25, -0.2) is 9.59 Å². The van der Waals surface area contributed by atoms with E-state index in [0.717, 1.165) is 0 Å². The molecule has 1 aliphatic heterocycles. The van der Waals surface area contributed by atoms with Crippen LogP contribution < -0.4 is 16.3 Å². The van der Waals surface area contributed by atoms with Crippen molar-refractivity contribution >= 4 is 34.6 Å². The smallest absolute Gasteiger partial charge is 0.412 e. The van der Waals surface area contributed by atoms with Crippen LogP contribution in [0.1, 0.15) is 39.7 Å². The SMILES string of the molecule is Cn1c(=O)n(C2CCC(=O)NC2=O)c2cccc(NC(=O)OC(C)(C)C)c21. The Kier molecular flexibility index (Phi) is 4.54. The van der Waals surface area contributed by atoms with Crippen LogP contribution in [0.3, 0.4) is 0 Å². The Hall–Kier alpha value is -3.10. The number of hydrogen-bond acceptors (Lipinski definition) is 5. The lowest BCUT2D eigenvalue weighted by atomic mass is 10.1. The molecule has 1 aromatic carbocycles. The number of fused-ring (bicyclic) bond motifs is 1. The van der Waals surface area contributed by atoms with Gasteiger partial charge in [0.25, 0.3) is 0 Å². The lowest BCUT2D eigenvalue weighted by Crippen LogP contribution is -2.44. The van der Waals surface area contributed by atoms with Crippen LogP contribution in [0.4, 0.5) is 10.5 Å². The van der Waals surface area contributed by atoms with E-state index in [1.54, 1.807) is 46.0 Å². The van der Waals surface area contributed by atoms with Crippen LogP contribution in [-0.2, 0) is 21.4 Å². The number of carbonyl (C=O) groups is 3. The second-order valence-corrected chi connectivity index (χ2v) is 7.48. The largest absolute Gasteiger partial charge is 0.444 e. The molecule has 1 aliphatic rings. The molecule has 3 amide bonds. The predicted molar refractivity (Wildman–Crippen MR) is 98.5 cm³/mol. The van der Waals surface area contributed by atoms with E-state index in [1.165, 1.54) is 9.13 Å². The summed E-state index contributed by atoms with van der Waals surface area (Å²) in [6, 6.07) is 4.24. The molecule has 2 aromatic rings. The zero-order chi connectivity index (χ0) is 19.9. The van der Waals surface area contributed by atoms with E-state index in [1.807, 2.05) is 0 Å². The van der Waals surface area contributed by atoms with Gasteiger partial charge < -0.3 is 4.74 Å². The number of imidazole rings is 1. The van der Waals surface area contributed by atoms with Gasteiger partial charge in [-0.1, -0.05) is 6.07 Å². The molecule has 2 heterocycles. The van der Waals surface area contributed by atoms with Crippen LogP contribution in [0.25, 0.3) is 11.0 Å². The summed E-state index contributed by atoms with van der Waals surface area (Å²) in [5.41, 5.74) is 0.289. The number of amides is 3. The highest BCUT2D eigenvalue weighted by atomic mass is 16.6. The van der Waals surface area contributed by atoms with Crippen molar-refractivity contribution in [3.05, 3.63) is 28.7 Å². The van der Waals surface area contributed by atoms with E-state index in [0.29, 0.717) is 16.7 Å². The van der Waals surface area contributed by atoms with Crippen molar-refractivity contribution < 1.29 is 19.1 Å². The maximum absolute atomic E-state index is 12.8. The van der Waals surface area contributed by atoms with Gasteiger partial charge in [0.15, 0.2) is 0 Å².